The van der Waals surface area contributed by atoms with Gasteiger partial charge in [-0.15, -0.1) is 0 Å². The van der Waals surface area contributed by atoms with E-state index in [-0.39, 0.29) is 60.8 Å². The number of carbonyl (C=O) groups excluding carboxylic acids is 1. The first-order valence-corrected chi connectivity index (χ1v) is 13.2. The Morgan fingerprint density at radius 2 is 1.74 bits per heavy atom. The summed E-state index contributed by atoms with van der Waals surface area (Å²) in [7, 11) is 2.90. The lowest BCUT2D eigenvalue weighted by molar-refractivity contribution is -0.143. The van der Waals surface area contributed by atoms with Crippen LogP contribution in [0, 0.1) is 12.7 Å². The van der Waals surface area contributed by atoms with Gasteiger partial charge < -0.3 is 19.5 Å². The predicted octanol–water partition coefficient (Wildman–Crippen LogP) is 4.37. The predicted molar refractivity (Wildman–Crippen MR) is 145 cm³/mol. The van der Waals surface area contributed by atoms with Crippen molar-refractivity contribution in [1.82, 2.24) is 24.4 Å². The molecule has 1 aliphatic heterocycles. The quantitative estimate of drug-likeness (QED) is 0.321. The van der Waals surface area contributed by atoms with Gasteiger partial charge in [0.2, 0.25) is 0 Å². The second-order valence-corrected chi connectivity index (χ2v) is 9.84. The lowest BCUT2D eigenvalue weighted by atomic mass is 10.0. The highest BCUT2D eigenvalue weighted by Gasteiger charge is 2.39. The molecule has 13 heteroatoms. The van der Waals surface area contributed by atoms with Crippen LogP contribution in [-0.2, 0) is 6.18 Å². The molecular formula is C29H29F4N5O4. The number of piperazine rings is 1. The number of aliphatic hydroxyl groups excluding tert-OH is 1. The van der Waals surface area contributed by atoms with Gasteiger partial charge in [0, 0.05) is 42.9 Å². The third-order valence-corrected chi connectivity index (χ3v) is 7.53. The fraction of sp³-hybridized carbons (Fsp3) is 0.345. The Morgan fingerprint density at radius 3 is 2.33 bits per heavy atom. The fourth-order valence-corrected chi connectivity index (χ4v) is 5.40. The van der Waals surface area contributed by atoms with E-state index in [2.05, 4.69) is 10.1 Å². The molecule has 1 aliphatic rings. The number of halogens is 4. The zero-order valence-electron chi connectivity index (χ0n) is 23.2. The molecule has 0 aliphatic carbocycles. The van der Waals surface area contributed by atoms with Gasteiger partial charge in [-0.25, -0.2) is 13.9 Å². The molecule has 0 radical (unpaired) electrons. The third kappa shape index (κ3) is 5.25. The van der Waals surface area contributed by atoms with E-state index in [9.17, 15) is 27.5 Å². The van der Waals surface area contributed by atoms with E-state index in [4.69, 9.17) is 9.47 Å². The summed E-state index contributed by atoms with van der Waals surface area (Å²) in [6, 6.07) is 10.1. The van der Waals surface area contributed by atoms with Crippen molar-refractivity contribution >= 4 is 11.6 Å². The molecular weight excluding hydrogens is 558 g/mol. The molecule has 0 saturated carbocycles. The normalized spacial score (nSPS) is 15.2. The molecule has 42 heavy (non-hydrogen) atoms. The summed E-state index contributed by atoms with van der Waals surface area (Å²) in [6.07, 6.45) is -3.66. The van der Waals surface area contributed by atoms with Crippen molar-refractivity contribution in [3.05, 3.63) is 76.9 Å². The summed E-state index contributed by atoms with van der Waals surface area (Å²) in [5.74, 6) is -0.218. The molecule has 0 spiro atoms. The van der Waals surface area contributed by atoms with Crippen LogP contribution in [0.4, 0.5) is 17.6 Å². The molecule has 1 N–H and O–H groups in total. The standard InChI is InChI=1S/C29H29F4N5O4/c1-17-25(18-7-9-19(41-2)10-8-18)35-27-20(15-34-38(27)26(17)29(31,32)33)28(40)37-13-11-36(12-14-37)22(16-39)24-21(30)5-4-6-23(24)42-3/h4-10,15,22,39H,11-14,16H2,1-3H3/t22-/m0/s1. The van der Waals surface area contributed by atoms with Crippen molar-refractivity contribution in [2.45, 2.75) is 19.1 Å². The SMILES string of the molecule is COc1ccc(-c2nc3c(C(=O)N4CCN([C@@H](CO)c5c(F)cccc5OC)CC4)cnn3c(C(F)(F)F)c2C)cc1. The van der Waals surface area contributed by atoms with Crippen molar-refractivity contribution < 1.29 is 36.9 Å². The first-order chi connectivity index (χ1) is 20.1. The van der Waals surface area contributed by atoms with Gasteiger partial charge in [0.25, 0.3) is 5.91 Å². The molecule has 9 nitrogen and oxygen atoms in total. The Labute approximate surface area is 238 Å². The maximum absolute atomic E-state index is 14.7. The minimum absolute atomic E-state index is 0.0708. The minimum atomic E-state index is -4.77. The number of rotatable bonds is 7. The van der Waals surface area contributed by atoms with Gasteiger partial charge in [0.15, 0.2) is 11.3 Å². The van der Waals surface area contributed by atoms with Crippen LogP contribution >= 0.6 is 0 Å². The van der Waals surface area contributed by atoms with Crippen molar-refractivity contribution in [1.29, 1.82) is 0 Å². The number of nitrogens with zero attached hydrogens (tertiary/aromatic N) is 5. The number of hydrogen-bond donors (Lipinski definition) is 1. The van der Waals surface area contributed by atoms with Crippen LogP contribution in [0.15, 0.2) is 48.7 Å². The number of benzene rings is 2. The minimum Gasteiger partial charge on any atom is -0.497 e. The number of ether oxygens (including phenoxy) is 2. The van der Waals surface area contributed by atoms with E-state index in [0.29, 0.717) is 21.6 Å². The molecule has 1 saturated heterocycles. The van der Waals surface area contributed by atoms with Gasteiger partial charge in [-0.2, -0.15) is 18.3 Å². The van der Waals surface area contributed by atoms with Crippen molar-refractivity contribution in [3.63, 3.8) is 0 Å². The number of aliphatic hydroxyl groups is 1. The summed E-state index contributed by atoms with van der Waals surface area (Å²) in [4.78, 5) is 21.4. The molecule has 3 heterocycles. The number of hydrogen-bond acceptors (Lipinski definition) is 7. The van der Waals surface area contributed by atoms with Crippen molar-refractivity contribution in [2.75, 3.05) is 47.0 Å². The zero-order chi connectivity index (χ0) is 30.2. The highest BCUT2D eigenvalue weighted by Crippen LogP contribution is 2.37. The lowest BCUT2D eigenvalue weighted by Crippen LogP contribution is -2.50. The van der Waals surface area contributed by atoms with E-state index in [1.807, 2.05) is 4.90 Å². The van der Waals surface area contributed by atoms with Gasteiger partial charge >= 0.3 is 6.18 Å². The maximum Gasteiger partial charge on any atom is 0.433 e. The average molecular weight is 588 g/mol. The van der Waals surface area contributed by atoms with Gasteiger partial charge in [0.1, 0.15) is 22.9 Å². The van der Waals surface area contributed by atoms with Crippen LogP contribution in [0.2, 0.25) is 0 Å². The van der Waals surface area contributed by atoms with E-state index in [1.165, 1.54) is 38.2 Å². The third-order valence-electron chi connectivity index (χ3n) is 7.53. The number of fused-ring (bicyclic) bond motifs is 1. The largest absolute Gasteiger partial charge is 0.497 e. The summed E-state index contributed by atoms with van der Waals surface area (Å²) >= 11 is 0. The number of aromatic nitrogens is 3. The van der Waals surface area contributed by atoms with Gasteiger partial charge in [-0.05, 0) is 43.3 Å². The van der Waals surface area contributed by atoms with Gasteiger partial charge in [-0.1, -0.05) is 6.07 Å². The molecule has 222 valence electrons. The topological polar surface area (TPSA) is 92.4 Å². The summed E-state index contributed by atoms with van der Waals surface area (Å²) in [6.45, 7) is 1.88. The second-order valence-electron chi connectivity index (χ2n) is 9.84. The van der Waals surface area contributed by atoms with Crippen LogP contribution < -0.4 is 9.47 Å². The number of carbonyl (C=O) groups is 1. The van der Waals surface area contributed by atoms with E-state index in [1.54, 1.807) is 30.3 Å². The summed E-state index contributed by atoms with van der Waals surface area (Å²) in [5.41, 5.74) is -0.722. The Bertz CT molecular complexity index is 1600. The highest BCUT2D eigenvalue weighted by molar-refractivity contribution is 6.00. The molecule has 5 rings (SSSR count). The van der Waals surface area contributed by atoms with Crippen LogP contribution in [0.5, 0.6) is 11.5 Å². The molecule has 4 aromatic rings. The Morgan fingerprint density at radius 1 is 1.05 bits per heavy atom. The summed E-state index contributed by atoms with van der Waals surface area (Å²) in [5, 5.41) is 14.0. The maximum atomic E-state index is 14.7. The first-order valence-electron chi connectivity index (χ1n) is 13.2. The number of methoxy groups -OCH3 is 2. The van der Waals surface area contributed by atoms with E-state index < -0.39 is 29.6 Å². The van der Waals surface area contributed by atoms with Crippen molar-refractivity contribution in [2.24, 2.45) is 0 Å². The summed E-state index contributed by atoms with van der Waals surface area (Å²) < 4.78 is 68.6. The Hall–Kier alpha value is -4.23. The Kier molecular flexibility index (Phi) is 8.06. The van der Waals surface area contributed by atoms with E-state index >= 15 is 0 Å². The Balaban J connectivity index is 1.45. The number of alkyl halides is 3. The van der Waals surface area contributed by atoms with Crippen LogP contribution in [0.25, 0.3) is 16.9 Å². The molecule has 1 atom stereocenters. The monoisotopic (exact) mass is 587 g/mol. The molecule has 0 bridgehead atoms. The smallest absolute Gasteiger partial charge is 0.433 e. The fourth-order valence-electron chi connectivity index (χ4n) is 5.40. The molecule has 1 fully saturated rings. The molecule has 0 unspecified atom stereocenters. The molecule has 2 aromatic carbocycles. The van der Waals surface area contributed by atoms with E-state index in [0.717, 1.165) is 6.20 Å². The van der Waals surface area contributed by atoms with Crippen LogP contribution in [0.1, 0.15) is 33.2 Å². The zero-order valence-corrected chi connectivity index (χ0v) is 23.2. The van der Waals surface area contributed by atoms with Gasteiger partial charge in [0.05, 0.1) is 38.8 Å². The van der Waals surface area contributed by atoms with Crippen LogP contribution in [0.3, 0.4) is 0 Å². The van der Waals surface area contributed by atoms with Crippen LogP contribution in [-0.4, -0.2) is 82.4 Å². The lowest BCUT2D eigenvalue weighted by Gasteiger charge is -2.39. The van der Waals surface area contributed by atoms with Gasteiger partial charge in [-0.3, -0.25) is 9.69 Å². The molecule has 2 aromatic heterocycles. The number of amides is 1. The highest BCUT2D eigenvalue weighted by atomic mass is 19.4. The average Bonchev–Trinajstić information content (AvgIpc) is 3.40. The molecule has 1 amide bonds. The first kappa shape index (κ1) is 29.3. The van der Waals surface area contributed by atoms with Crippen molar-refractivity contribution in [3.8, 4) is 22.8 Å². The second kappa shape index (κ2) is 11.6.